The minimum Gasteiger partial charge on any atom is -0.396 e. The molecule has 0 spiro atoms. The highest BCUT2D eigenvalue weighted by Gasteiger charge is 2.22. The van der Waals surface area contributed by atoms with Crippen LogP contribution in [0, 0.1) is 5.41 Å². The summed E-state index contributed by atoms with van der Waals surface area (Å²) in [5.74, 6) is -0.0822. The Morgan fingerprint density at radius 3 is 3.00 bits per heavy atom. The topological polar surface area (TPSA) is 78.0 Å². The second-order valence-corrected chi connectivity index (χ2v) is 6.06. The maximum Gasteiger partial charge on any atom is 0.272 e. The van der Waals surface area contributed by atoms with Crippen LogP contribution >= 0.6 is 0 Å². The van der Waals surface area contributed by atoms with E-state index in [4.69, 9.17) is 5.11 Å². The Balaban J connectivity index is 1.79. The van der Waals surface area contributed by atoms with Crippen LogP contribution in [-0.2, 0) is 12.8 Å². The third-order valence-corrected chi connectivity index (χ3v) is 3.77. The second-order valence-electron chi connectivity index (χ2n) is 6.06. The van der Waals surface area contributed by atoms with Crippen molar-refractivity contribution in [1.29, 1.82) is 0 Å². The van der Waals surface area contributed by atoms with Gasteiger partial charge in [0.15, 0.2) is 5.69 Å². The molecule has 0 atom stereocenters. The number of hydrogen-bond donors (Lipinski definition) is 3. The van der Waals surface area contributed by atoms with Crippen molar-refractivity contribution in [3.05, 3.63) is 17.0 Å². The molecule has 5 nitrogen and oxygen atoms in total. The van der Waals surface area contributed by atoms with Crippen LogP contribution in [0.4, 0.5) is 0 Å². The molecular formula is C14H23N3O2. The van der Waals surface area contributed by atoms with Crippen LogP contribution < -0.4 is 5.32 Å². The van der Waals surface area contributed by atoms with Crippen LogP contribution in [0.3, 0.4) is 0 Å². The summed E-state index contributed by atoms with van der Waals surface area (Å²) in [4.78, 5) is 12.0. The average molecular weight is 265 g/mol. The number of hydrogen-bond acceptors (Lipinski definition) is 3. The zero-order valence-electron chi connectivity index (χ0n) is 11.8. The Hall–Kier alpha value is -1.36. The molecule has 0 fully saturated rings. The fourth-order valence-corrected chi connectivity index (χ4v) is 2.44. The molecule has 1 aromatic heterocycles. The van der Waals surface area contributed by atoms with E-state index >= 15 is 0 Å². The van der Waals surface area contributed by atoms with Gasteiger partial charge >= 0.3 is 0 Å². The van der Waals surface area contributed by atoms with Crippen LogP contribution in [0.25, 0.3) is 0 Å². The number of aliphatic hydroxyl groups is 1. The zero-order chi connectivity index (χ0) is 13.9. The molecule has 5 heteroatoms. The molecule has 2 rings (SSSR count). The van der Waals surface area contributed by atoms with Gasteiger partial charge in [0.05, 0.1) is 0 Å². The number of amides is 1. The van der Waals surface area contributed by atoms with Crippen LogP contribution in [0.1, 0.15) is 54.9 Å². The number of aryl methyl sites for hydroxylation is 1. The van der Waals surface area contributed by atoms with E-state index in [-0.39, 0.29) is 17.9 Å². The lowest BCUT2D eigenvalue weighted by Crippen LogP contribution is -2.27. The molecule has 1 aliphatic rings. The van der Waals surface area contributed by atoms with Crippen LogP contribution in [0.2, 0.25) is 0 Å². The summed E-state index contributed by atoms with van der Waals surface area (Å²) in [6.07, 6.45) is 4.81. The summed E-state index contributed by atoms with van der Waals surface area (Å²) < 4.78 is 0. The summed E-state index contributed by atoms with van der Waals surface area (Å²) in [6, 6.07) is 0. The summed E-state index contributed by atoms with van der Waals surface area (Å²) >= 11 is 0. The van der Waals surface area contributed by atoms with Crippen LogP contribution in [0.5, 0.6) is 0 Å². The van der Waals surface area contributed by atoms with E-state index in [9.17, 15) is 4.79 Å². The van der Waals surface area contributed by atoms with Gasteiger partial charge in [-0.2, -0.15) is 5.10 Å². The van der Waals surface area contributed by atoms with Gasteiger partial charge < -0.3 is 10.4 Å². The van der Waals surface area contributed by atoms with E-state index in [0.29, 0.717) is 12.2 Å². The van der Waals surface area contributed by atoms with Gasteiger partial charge in [0.1, 0.15) is 0 Å². The molecule has 0 radical (unpaired) electrons. The van der Waals surface area contributed by atoms with E-state index in [0.717, 1.165) is 43.4 Å². The molecule has 0 unspecified atom stereocenters. The third-order valence-electron chi connectivity index (χ3n) is 3.77. The minimum atomic E-state index is -0.0822. The molecule has 1 amide bonds. The number of rotatable bonds is 6. The first-order valence-corrected chi connectivity index (χ1v) is 6.99. The zero-order valence-corrected chi connectivity index (χ0v) is 11.8. The predicted molar refractivity (Wildman–Crippen MR) is 73.0 cm³/mol. The summed E-state index contributed by atoms with van der Waals surface area (Å²) in [7, 11) is 0. The first-order valence-electron chi connectivity index (χ1n) is 6.99. The molecule has 0 aliphatic heterocycles. The van der Waals surface area contributed by atoms with Crippen molar-refractivity contribution in [2.75, 3.05) is 13.2 Å². The van der Waals surface area contributed by atoms with Crippen LogP contribution in [-0.4, -0.2) is 34.4 Å². The van der Waals surface area contributed by atoms with E-state index in [1.807, 2.05) is 13.8 Å². The van der Waals surface area contributed by atoms with Gasteiger partial charge in [0, 0.05) is 24.4 Å². The van der Waals surface area contributed by atoms with Gasteiger partial charge in [-0.05, 0) is 37.5 Å². The standard InChI is InChI=1S/C14H23N3O2/c1-14(2,9-18)7-4-8-15-13(19)12-10-5-3-6-11(10)16-17-12/h18H,3-9H2,1-2H3,(H,15,19)(H,16,17). The number of nitrogens with one attached hydrogen (secondary N) is 2. The molecule has 1 aromatic rings. The highest BCUT2D eigenvalue weighted by Crippen LogP contribution is 2.23. The highest BCUT2D eigenvalue weighted by atomic mass is 16.3. The predicted octanol–water partition coefficient (Wildman–Crippen LogP) is 1.43. The number of carbonyl (C=O) groups is 1. The average Bonchev–Trinajstić information content (AvgIpc) is 2.96. The summed E-state index contributed by atoms with van der Waals surface area (Å²) in [6.45, 7) is 4.85. The number of aliphatic hydroxyl groups excluding tert-OH is 1. The molecule has 0 aromatic carbocycles. The van der Waals surface area contributed by atoms with Crippen molar-refractivity contribution in [2.24, 2.45) is 5.41 Å². The van der Waals surface area contributed by atoms with Crippen molar-refractivity contribution >= 4 is 5.91 Å². The number of aromatic amines is 1. The largest absolute Gasteiger partial charge is 0.396 e. The van der Waals surface area contributed by atoms with Gasteiger partial charge in [-0.3, -0.25) is 9.89 Å². The van der Waals surface area contributed by atoms with Crippen LogP contribution in [0.15, 0.2) is 0 Å². The van der Waals surface area contributed by atoms with E-state index in [1.165, 1.54) is 0 Å². The molecular weight excluding hydrogens is 242 g/mol. The lowest BCUT2D eigenvalue weighted by molar-refractivity contribution is 0.0942. The van der Waals surface area contributed by atoms with Crippen molar-refractivity contribution in [2.45, 2.75) is 46.0 Å². The number of H-pyrrole nitrogens is 1. The summed E-state index contributed by atoms with van der Waals surface area (Å²) in [5.41, 5.74) is 2.70. The second kappa shape index (κ2) is 5.74. The maximum absolute atomic E-state index is 12.0. The molecule has 106 valence electrons. The molecule has 0 bridgehead atoms. The Morgan fingerprint density at radius 1 is 1.47 bits per heavy atom. The quantitative estimate of drug-likeness (QED) is 0.681. The smallest absolute Gasteiger partial charge is 0.272 e. The fraction of sp³-hybridized carbons (Fsp3) is 0.714. The lowest BCUT2D eigenvalue weighted by Gasteiger charge is -2.21. The number of nitrogens with zero attached hydrogens (tertiary/aromatic N) is 1. The first kappa shape index (κ1) is 14.1. The van der Waals surface area contributed by atoms with E-state index in [2.05, 4.69) is 15.5 Å². The van der Waals surface area contributed by atoms with Gasteiger partial charge in [0.25, 0.3) is 5.91 Å². The van der Waals surface area contributed by atoms with Crippen molar-refractivity contribution < 1.29 is 9.90 Å². The van der Waals surface area contributed by atoms with Gasteiger partial charge in [-0.1, -0.05) is 13.8 Å². The highest BCUT2D eigenvalue weighted by molar-refractivity contribution is 5.94. The molecule has 19 heavy (non-hydrogen) atoms. The summed E-state index contributed by atoms with van der Waals surface area (Å²) in [5, 5.41) is 19.1. The van der Waals surface area contributed by atoms with Crippen molar-refractivity contribution in [3.8, 4) is 0 Å². The molecule has 0 saturated carbocycles. The third kappa shape index (κ3) is 3.35. The van der Waals surface area contributed by atoms with Gasteiger partial charge in [0.2, 0.25) is 0 Å². The van der Waals surface area contributed by atoms with Crippen molar-refractivity contribution in [3.63, 3.8) is 0 Å². The molecule has 1 aliphatic carbocycles. The maximum atomic E-state index is 12.0. The fourth-order valence-electron chi connectivity index (χ4n) is 2.44. The van der Waals surface area contributed by atoms with E-state index in [1.54, 1.807) is 0 Å². The normalized spacial score (nSPS) is 14.5. The lowest BCUT2D eigenvalue weighted by atomic mass is 9.89. The number of aromatic nitrogens is 2. The Morgan fingerprint density at radius 2 is 2.26 bits per heavy atom. The number of carbonyl (C=O) groups excluding carboxylic acids is 1. The minimum absolute atomic E-state index is 0.0711. The molecule has 0 saturated heterocycles. The Kier molecular flexibility index (Phi) is 4.24. The molecule has 1 heterocycles. The number of fused-ring (bicyclic) bond motifs is 1. The molecule has 3 N–H and O–H groups in total. The Bertz CT molecular complexity index is 452. The first-order chi connectivity index (χ1) is 9.03. The SMILES string of the molecule is CC(C)(CO)CCCNC(=O)c1n[nH]c2c1CCC2. The monoisotopic (exact) mass is 265 g/mol. The van der Waals surface area contributed by atoms with E-state index < -0.39 is 0 Å². The Labute approximate surface area is 113 Å². The van der Waals surface area contributed by atoms with Gasteiger partial charge in [-0.25, -0.2) is 0 Å². The van der Waals surface area contributed by atoms with Gasteiger partial charge in [-0.15, -0.1) is 0 Å². The van der Waals surface area contributed by atoms with Crippen molar-refractivity contribution in [1.82, 2.24) is 15.5 Å².